The molecule has 2 aromatic carbocycles. The van der Waals surface area contributed by atoms with Crippen LogP contribution in [-0.2, 0) is 12.1 Å². The molecule has 0 aromatic heterocycles. The number of benzene rings is 2. The van der Waals surface area contributed by atoms with Gasteiger partial charge in [0.15, 0.2) is 0 Å². The maximum atomic E-state index is 14.3. The molecule has 2 heterocycles. The summed E-state index contributed by atoms with van der Waals surface area (Å²) in [6.45, 7) is 7.38. The molecule has 0 radical (unpaired) electrons. The van der Waals surface area contributed by atoms with Crippen LogP contribution in [0.1, 0.15) is 50.2 Å². The van der Waals surface area contributed by atoms with Gasteiger partial charge >= 0.3 is 0 Å². The fourth-order valence-electron chi connectivity index (χ4n) is 5.34. The first kappa shape index (κ1) is 22.4. The van der Waals surface area contributed by atoms with Gasteiger partial charge in [-0.15, -0.1) is 0 Å². The summed E-state index contributed by atoms with van der Waals surface area (Å²) in [6.07, 6.45) is 5.08. The molecule has 4 rings (SSSR count). The third kappa shape index (κ3) is 5.16. The number of hydrogen-bond donors (Lipinski definition) is 1. The number of β-amino-alcohol motifs (C(OH)–C–C–N with tert-alkyl or cyclic N) is 1. The summed E-state index contributed by atoms with van der Waals surface area (Å²) < 4.78 is 27.7. The van der Waals surface area contributed by atoms with E-state index in [0.717, 1.165) is 51.6 Å². The molecule has 2 aromatic rings. The van der Waals surface area contributed by atoms with E-state index in [9.17, 15) is 13.9 Å². The minimum absolute atomic E-state index is 0.200. The number of hydrogen-bond acceptors (Lipinski definition) is 3. The Kier molecular flexibility index (Phi) is 6.75. The number of halogens is 2. The smallest absolute Gasteiger partial charge is 0.132 e. The Morgan fingerprint density at radius 2 is 1.52 bits per heavy atom. The predicted molar refractivity (Wildman–Crippen MR) is 120 cm³/mol. The van der Waals surface area contributed by atoms with Crippen molar-refractivity contribution >= 4 is 0 Å². The molecule has 2 fully saturated rings. The van der Waals surface area contributed by atoms with Gasteiger partial charge in [-0.1, -0.05) is 43.3 Å². The molecule has 0 bridgehead atoms. The highest BCUT2D eigenvalue weighted by Gasteiger charge is 2.40. The van der Waals surface area contributed by atoms with Gasteiger partial charge in [-0.25, -0.2) is 8.78 Å². The summed E-state index contributed by atoms with van der Waals surface area (Å²) in [7, 11) is 0. The first-order valence-corrected chi connectivity index (χ1v) is 11.6. The van der Waals surface area contributed by atoms with Crippen LogP contribution in [0.25, 0.3) is 0 Å². The van der Waals surface area contributed by atoms with Crippen LogP contribution in [0.3, 0.4) is 0 Å². The number of aliphatic hydroxyl groups is 1. The summed E-state index contributed by atoms with van der Waals surface area (Å²) >= 11 is 0. The van der Waals surface area contributed by atoms with Gasteiger partial charge in [0.1, 0.15) is 17.2 Å². The van der Waals surface area contributed by atoms with Crippen molar-refractivity contribution in [3.05, 3.63) is 71.3 Å². The third-order valence-corrected chi connectivity index (χ3v) is 7.59. The van der Waals surface area contributed by atoms with Crippen LogP contribution >= 0.6 is 0 Å². The van der Waals surface area contributed by atoms with Crippen LogP contribution in [0.15, 0.2) is 48.5 Å². The van der Waals surface area contributed by atoms with Crippen LogP contribution in [-0.4, -0.2) is 47.6 Å². The maximum absolute atomic E-state index is 14.3. The lowest BCUT2D eigenvalue weighted by Gasteiger charge is -2.48. The van der Waals surface area contributed by atoms with Crippen LogP contribution in [0.5, 0.6) is 0 Å². The Hall–Kier alpha value is -1.82. The Labute approximate surface area is 184 Å². The Bertz CT molecular complexity index is 857. The predicted octanol–water partition coefficient (Wildman–Crippen LogP) is 4.94. The van der Waals surface area contributed by atoms with Crippen molar-refractivity contribution in [1.29, 1.82) is 0 Å². The van der Waals surface area contributed by atoms with E-state index in [0.29, 0.717) is 18.4 Å². The van der Waals surface area contributed by atoms with Crippen molar-refractivity contribution < 1.29 is 13.9 Å². The zero-order valence-electron chi connectivity index (χ0n) is 18.5. The van der Waals surface area contributed by atoms with E-state index in [4.69, 9.17) is 0 Å². The molecule has 0 amide bonds. The molecule has 2 aliphatic heterocycles. The summed E-state index contributed by atoms with van der Waals surface area (Å²) in [6, 6.07) is 14.1. The topological polar surface area (TPSA) is 26.7 Å². The van der Waals surface area contributed by atoms with Crippen LogP contribution in [0.4, 0.5) is 8.78 Å². The monoisotopic (exact) mass is 428 g/mol. The largest absolute Gasteiger partial charge is 0.384 e. The van der Waals surface area contributed by atoms with Gasteiger partial charge in [0.2, 0.25) is 0 Å². The Morgan fingerprint density at radius 1 is 0.903 bits per heavy atom. The van der Waals surface area contributed by atoms with E-state index in [-0.39, 0.29) is 5.56 Å². The number of nitrogens with zero attached hydrogens (tertiary/aromatic N) is 2. The number of piperidine rings is 2. The summed E-state index contributed by atoms with van der Waals surface area (Å²) in [5.74, 6) is -1.28. The average molecular weight is 429 g/mol. The highest BCUT2D eigenvalue weighted by atomic mass is 19.1. The molecule has 5 heteroatoms. The first-order valence-electron chi connectivity index (χ1n) is 11.6. The van der Waals surface area contributed by atoms with Crippen molar-refractivity contribution in [2.75, 3.05) is 32.7 Å². The molecule has 1 N–H and O–H groups in total. The maximum Gasteiger partial charge on any atom is 0.132 e. The van der Waals surface area contributed by atoms with E-state index in [1.165, 1.54) is 30.5 Å². The zero-order chi connectivity index (χ0) is 21.9. The van der Waals surface area contributed by atoms with Gasteiger partial charge in [0.25, 0.3) is 0 Å². The highest BCUT2D eigenvalue weighted by molar-refractivity contribution is 5.25. The third-order valence-electron chi connectivity index (χ3n) is 7.59. The molecule has 1 unspecified atom stereocenters. The SMILES string of the molecule is CCC(O)(CN1CCC2(CCN(Cc3ccccc3)CC2)CC1)c1ccc(F)cc1F. The molecule has 1 spiro atoms. The summed E-state index contributed by atoms with van der Waals surface area (Å²) in [4.78, 5) is 4.81. The lowest BCUT2D eigenvalue weighted by atomic mass is 9.71. The van der Waals surface area contributed by atoms with Crippen molar-refractivity contribution in [2.45, 2.75) is 51.2 Å². The lowest BCUT2D eigenvalue weighted by molar-refractivity contribution is -0.0343. The second-order valence-corrected chi connectivity index (χ2v) is 9.55. The van der Waals surface area contributed by atoms with Gasteiger partial charge < -0.3 is 10.0 Å². The zero-order valence-corrected chi connectivity index (χ0v) is 18.5. The molecular weight excluding hydrogens is 394 g/mol. The minimum Gasteiger partial charge on any atom is -0.384 e. The van der Waals surface area contributed by atoms with Gasteiger partial charge in [-0.2, -0.15) is 0 Å². The normalized spacial score (nSPS) is 21.8. The molecule has 2 saturated heterocycles. The molecule has 0 saturated carbocycles. The van der Waals surface area contributed by atoms with E-state index in [1.54, 1.807) is 0 Å². The van der Waals surface area contributed by atoms with Crippen LogP contribution in [0, 0.1) is 17.0 Å². The molecule has 3 nitrogen and oxygen atoms in total. The molecule has 31 heavy (non-hydrogen) atoms. The van der Waals surface area contributed by atoms with Gasteiger partial charge in [0.05, 0.1) is 0 Å². The molecule has 2 aliphatic rings. The second-order valence-electron chi connectivity index (χ2n) is 9.55. The number of likely N-dealkylation sites (tertiary alicyclic amines) is 2. The average Bonchev–Trinajstić information content (AvgIpc) is 2.78. The fourth-order valence-corrected chi connectivity index (χ4v) is 5.34. The minimum atomic E-state index is -1.29. The second kappa shape index (κ2) is 9.35. The standard InChI is InChI=1S/C26H34F2N2O/c1-2-26(31,23-9-8-22(27)18-24(23)28)20-30-16-12-25(13-17-30)10-14-29(15-11-25)19-21-6-4-3-5-7-21/h3-9,18,31H,2,10-17,19-20H2,1H3. The van der Waals surface area contributed by atoms with E-state index >= 15 is 0 Å². The highest BCUT2D eigenvalue weighted by Crippen LogP contribution is 2.42. The molecular formula is C26H34F2N2O. The summed E-state index contributed by atoms with van der Waals surface area (Å²) in [5, 5.41) is 11.2. The van der Waals surface area contributed by atoms with Crippen molar-refractivity contribution in [3.63, 3.8) is 0 Å². The van der Waals surface area contributed by atoms with E-state index in [1.807, 2.05) is 6.92 Å². The molecule has 0 aliphatic carbocycles. The first-order chi connectivity index (χ1) is 14.9. The molecule has 168 valence electrons. The van der Waals surface area contributed by atoms with Gasteiger partial charge in [0, 0.05) is 24.7 Å². The van der Waals surface area contributed by atoms with E-state index in [2.05, 4.69) is 40.1 Å². The lowest BCUT2D eigenvalue weighted by Crippen LogP contribution is -2.50. The van der Waals surface area contributed by atoms with Crippen molar-refractivity contribution in [1.82, 2.24) is 9.80 Å². The molecule has 1 atom stereocenters. The Morgan fingerprint density at radius 3 is 2.10 bits per heavy atom. The van der Waals surface area contributed by atoms with E-state index < -0.39 is 17.2 Å². The van der Waals surface area contributed by atoms with Gasteiger partial charge in [-0.3, -0.25) is 4.90 Å². The van der Waals surface area contributed by atoms with Gasteiger partial charge in [-0.05, 0) is 75.3 Å². The van der Waals surface area contributed by atoms with Crippen LogP contribution in [0.2, 0.25) is 0 Å². The Balaban J connectivity index is 1.31. The van der Waals surface area contributed by atoms with Crippen molar-refractivity contribution in [3.8, 4) is 0 Å². The fraction of sp³-hybridized carbons (Fsp3) is 0.538. The quantitative estimate of drug-likeness (QED) is 0.706. The number of rotatable bonds is 6. The van der Waals surface area contributed by atoms with Crippen LogP contribution < -0.4 is 0 Å². The van der Waals surface area contributed by atoms with Crippen molar-refractivity contribution in [2.24, 2.45) is 5.41 Å². The summed E-state index contributed by atoms with van der Waals surface area (Å²) in [5.41, 5.74) is 0.683.